The van der Waals surface area contributed by atoms with Crippen molar-refractivity contribution in [2.24, 2.45) is 0 Å². The Kier molecular flexibility index (Phi) is 1.99. The van der Waals surface area contributed by atoms with Crippen molar-refractivity contribution in [3.05, 3.63) is 23.7 Å². The second-order valence-corrected chi connectivity index (χ2v) is 3.36. The lowest BCUT2D eigenvalue weighted by Crippen LogP contribution is -2.02. The van der Waals surface area contributed by atoms with E-state index in [-0.39, 0.29) is 5.82 Å². The van der Waals surface area contributed by atoms with Gasteiger partial charge in [0, 0.05) is 0 Å². The summed E-state index contributed by atoms with van der Waals surface area (Å²) in [6.07, 6.45) is 0.650. The molecule has 0 N–H and O–H groups in total. The first kappa shape index (κ1) is 8.80. The van der Waals surface area contributed by atoms with Crippen LogP contribution in [0.3, 0.4) is 0 Å². The SMILES string of the molecule is CC(C)c1ccc2nnc(C=O)n2n1. The van der Waals surface area contributed by atoms with Crippen molar-refractivity contribution in [1.82, 2.24) is 19.8 Å². The van der Waals surface area contributed by atoms with Crippen LogP contribution < -0.4 is 0 Å². The van der Waals surface area contributed by atoms with Crippen LogP contribution in [0.5, 0.6) is 0 Å². The standard InChI is InChI=1S/C9H10N4O/c1-6(2)7-3-4-8-10-11-9(5-14)13(8)12-7/h3-6H,1-2H3. The largest absolute Gasteiger partial charge is 0.294 e. The molecule has 0 saturated carbocycles. The molecular weight excluding hydrogens is 180 g/mol. The second-order valence-electron chi connectivity index (χ2n) is 3.36. The van der Waals surface area contributed by atoms with E-state index in [2.05, 4.69) is 15.3 Å². The van der Waals surface area contributed by atoms with Crippen LogP contribution in [0.15, 0.2) is 12.1 Å². The van der Waals surface area contributed by atoms with Crippen molar-refractivity contribution in [3.63, 3.8) is 0 Å². The number of carbonyl (C=O) groups is 1. The van der Waals surface area contributed by atoms with Crippen LogP contribution in [-0.4, -0.2) is 26.1 Å². The van der Waals surface area contributed by atoms with Gasteiger partial charge in [0.05, 0.1) is 5.69 Å². The number of aldehydes is 1. The van der Waals surface area contributed by atoms with Crippen LogP contribution in [0.2, 0.25) is 0 Å². The van der Waals surface area contributed by atoms with Crippen molar-refractivity contribution < 1.29 is 4.79 Å². The van der Waals surface area contributed by atoms with Gasteiger partial charge >= 0.3 is 0 Å². The van der Waals surface area contributed by atoms with Gasteiger partial charge in [-0.05, 0) is 18.1 Å². The molecule has 0 bridgehead atoms. The maximum absolute atomic E-state index is 10.6. The van der Waals surface area contributed by atoms with Gasteiger partial charge in [-0.25, -0.2) is 0 Å². The van der Waals surface area contributed by atoms with Gasteiger partial charge < -0.3 is 0 Å². The summed E-state index contributed by atoms with van der Waals surface area (Å²) in [7, 11) is 0. The molecule has 0 atom stereocenters. The van der Waals surface area contributed by atoms with E-state index in [0.29, 0.717) is 17.9 Å². The molecule has 2 aromatic heterocycles. The van der Waals surface area contributed by atoms with Gasteiger partial charge in [-0.2, -0.15) is 9.61 Å². The summed E-state index contributed by atoms with van der Waals surface area (Å²) in [6.45, 7) is 4.08. The molecule has 5 heteroatoms. The van der Waals surface area contributed by atoms with Crippen molar-refractivity contribution in [1.29, 1.82) is 0 Å². The number of aromatic nitrogens is 4. The molecule has 2 rings (SSSR count). The van der Waals surface area contributed by atoms with Crippen LogP contribution >= 0.6 is 0 Å². The Labute approximate surface area is 80.8 Å². The molecular formula is C9H10N4O. The maximum atomic E-state index is 10.6. The predicted octanol–water partition coefficient (Wildman–Crippen LogP) is 1.06. The molecule has 72 valence electrons. The Hall–Kier alpha value is -1.78. The smallest absolute Gasteiger partial charge is 0.217 e. The summed E-state index contributed by atoms with van der Waals surface area (Å²) in [4.78, 5) is 10.6. The summed E-state index contributed by atoms with van der Waals surface area (Å²) in [5, 5.41) is 11.8. The summed E-state index contributed by atoms with van der Waals surface area (Å²) < 4.78 is 1.46. The lowest BCUT2D eigenvalue weighted by Gasteiger charge is -2.03. The van der Waals surface area contributed by atoms with Crippen LogP contribution in [0.25, 0.3) is 5.65 Å². The highest BCUT2D eigenvalue weighted by Crippen LogP contribution is 2.11. The van der Waals surface area contributed by atoms with Gasteiger partial charge in [-0.3, -0.25) is 4.79 Å². The Balaban J connectivity index is 2.67. The summed E-state index contributed by atoms with van der Waals surface area (Å²) >= 11 is 0. The average molecular weight is 190 g/mol. The highest BCUT2D eigenvalue weighted by atomic mass is 16.1. The highest BCUT2D eigenvalue weighted by Gasteiger charge is 2.07. The van der Waals surface area contributed by atoms with Gasteiger partial charge in [0.1, 0.15) is 0 Å². The lowest BCUT2D eigenvalue weighted by atomic mass is 10.1. The Morgan fingerprint density at radius 1 is 1.36 bits per heavy atom. The highest BCUT2D eigenvalue weighted by molar-refractivity contribution is 5.70. The van der Waals surface area contributed by atoms with Gasteiger partial charge in [0.25, 0.3) is 0 Å². The van der Waals surface area contributed by atoms with E-state index < -0.39 is 0 Å². The van der Waals surface area contributed by atoms with E-state index in [4.69, 9.17) is 0 Å². The van der Waals surface area contributed by atoms with Crippen LogP contribution in [0, 0.1) is 0 Å². The van der Waals surface area contributed by atoms with E-state index >= 15 is 0 Å². The quantitative estimate of drug-likeness (QED) is 0.664. The third kappa shape index (κ3) is 1.26. The number of nitrogens with zero attached hydrogens (tertiary/aromatic N) is 4. The molecule has 0 aliphatic carbocycles. The number of hydrogen-bond donors (Lipinski definition) is 0. The van der Waals surface area contributed by atoms with Crippen molar-refractivity contribution in [2.75, 3.05) is 0 Å². The Morgan fingerprint density at radius 3 is 2.79 bits per heavy atom. The minimum atomic E-state index is 0.238. The first-order valence-corrected chi connectivity index (χ1v) is 4.40. The summed E-state index contributed by atoms with van der Waals surface area (Å²) in [6, 6.07) is 3.70. The van der Waals surface area contributed by atoms with E-state index in [1.165, 1.54) is 4.52 Å². The van der Waals surface area contributed by atoms with Crippen LogP contribution in [0.4, 0.5) is 0 Å². The molecule has 0 saturated heterocycles. The molecule has 2 heterocycles. The van der Waals surface area contributed by atoms with E-state index in [9.17, 15) is 4.79 Å². The monoisotopic (exact) mass is 190 g/mol. The van der Waals surface area contributed by atoms with Crippen LogP contribution in [0.1, 0.15) is 36.1 Å². The first-order chi connectivity index (χ1) is 6.72. The minimum Gasteiger partial charge on any atom is -0.294 e. The van der Waals surface area contributed by atoms with Crippen molar-refractivity contribution >= 4 is 11.9 Å². The molecule has 0 spiro atoms. The summed E-state index contributed by atoms with van der Waals surface area (Å²) in [5.74, 6) is 0.559. The number of hydrogen-bond acceptors (Lipinski definition) is 4. The van der Waals surface area contributed by atoms with E-state index in [1.807, 2.05) is 26.0 Å². The zero-order valence-corrected chi connectivity index (χ0v) is 8.01. The first-order valence-electron chi connectivity index (χ1n) is 4.40. The molecule has 14 heavy (non-hydrogen) atoms. The van der Waals surface area contributed by atoms with Gasteiger partial charge in [0.15, 0.2) is 11.9 Å². The fourth-order valence-electron chi connectivity index (χ4n) is 1.20. The molecule has 0 aromatic carbocycles. The molecule has 5 nitrogen and oxygen atoms in total. The molecule has 0 radical (unpaired) electrons. The van der Waals surface area contributed by atoms with E-state index in [1.54, 1.807) is 0 Å². The molecule has 2 aromatic rings. The number of rotatable bonds is 2. The second kappa shape index (κ2) is 3.17. The van der Waals surface area contributed by atoms with Crippen LogP contribution in [-0.2, 0) is 0 Å². The van der Waals surface area contributed by atoms with Crippen molar-refractivity contribution in [2.45, 2.75) is 19.8 Å². The molecule has 0 aliphatic heterocycles. The molecule has 0 aliphatic rings. The molecule has 0 fully saturated rings. The Bertz CT molecular complexity index is 475. The van der Waals surface area contributed by atoms with E-state index in [0.717, 1.165) is 5.69 Å². The van der Waals surface area contributed by atoms with Gasteiger partial charge in [-0.15, -0.1) is 10.2 Å². The fourth-order valence-corrected chi connectivity index (χ4v) is 1.20. The zero-order valence-electron chi connectivity index (χ0n) is 8.01. The van der Waals surface area contributed by atoms with Gasteiger partial charge in [-0.1, -0.05) is 13.8 Å². The zero-order chi connectivity index (χ0) is 10.1. The third-order valence-corrected chi connectivity index (χ3v) is 2.00. The average Bonchev–Trinajstić information content (AvgIpc) is 2.59. The van der Waals surface area contributed by atoms with Crippen molar-refractivity contribution in [3.8, 4) is 0 Å². The third-order valence-electron chi connectivity index (χ3n) is 2.00. The predicted molar refractivity (Wildman–Crippen MR) is 50.3 cm³/mol. The molecule has 0 unspecified atom stereocenters. The normalized spacial score (nSPS) is 11.1. The lowest BCUT2D eigenvalue weighted by molar-refractivity contribution is 0.111. The number of carbonyl (C=O) groups excluding carboxylic acids is 1. The summed E-state index contributed by atoms with van der Waals surface area (Å²) in [5.41, 5.74) is 1.51. The maximum Gasteiger partial charge on any atom is 0.217 e. The Morgan fingerprint density at radius 2 is 2.14 bits per heavy atom. The fraction of sp³-hybridized carbons (Fsp3) is 0.333. The topological polar surface area (TPSA) is 60.2 Å². The van der Waals surface area contributed by atoms with Gasteiger partial charge in [0.2, 0.25) is 5.82 Å². The number of fused-ring (bicyclic) bond motifs is 1. The minimum absolute atomic E-state index is 0.238. The molecule has 0 amide bonds.